The fraction of sp³-hybridized carbons (Fsp3) is 0.600. The number of carbonyl (C=O) groups is 2. The number of hydrogen-bond donors (Lipinski definition) is 4. The number of aliphatic carboxylic acids is 1. The van der Waals surface area contributed by atoms with Crippen LogP contribution in [0.5, 0.6) is 0 Å². The highest BCUT2D eigenvalue weighted by molar-refractivity contribution is 5.79. The van der Waals surface area contributed by atoms with Crippen molar-refractivity contribution in [3.8, 4) is 0 Å². The molecule has 0 aromatic rings. The quantitative estimate of drug-likeness (QED) is 0.431. The second-order valence-corrected chi connectivity index (χ2v) is 3.70. The van der Waals surface area contributed by atoms with Gasteiger partial charge in [0.1, 0.15) is 0 Å². The van der Waals surface area contributed by atoms with Gasteiger partial charge in [0.15, 0.2) is 5.60 Å². The molecule has 0 saturated carbocycles. The molecular formula is C10H18N2O5. The Bertz CT molecular complexity index is 290. The minimum Gasteiger partial charge on any atom is -0.479 e. The molecule has 0 aromatic heterocycles. The molecule has 0 spiro atoms. The lowest BCUT2D eigenvalue weighted by atomic mass is 10.1. The Morgan fingerprint density at radius 1 is 1.53 bits per heavy atom. The van der Waals surface area contributed by atoms with Crippen LogP contribution in [0.2, 0.25) is 0 Å². The average Bonchev–Trinajstić information content (AvgIpc) is 2.25. The number of aliphatic hydroxyl groups excluding tert-OH is 1. The topological polar surface area (TPSA) is 110 Å². The molecule has 0 aliphatic rings. The molecule has 0 fully saturated rings. The molecule has 0 saturated heterocycles. The Hall–Kier alpha value is -1.60. The first-order valence-corrected chi connectivity index (χ1v) is 5.05. The van der Waals surface area contributed by atoms with Crippen LogP contribution < -0.4 is 5.32 Å². The molecule has 0 aliphatic heterocycles. The molecule has 4 N–H and O–H groups in total. The highest BCUT2D eigenvalue weighted by atomic mass is 16.4. The SMILES string of the molecule is C=CCN(CCO)C(=O)NCC(C)(O)C(=O)O. The average molecular weight is 246 g/mol. The van der Waals surface area contributed by atoms with Crippen molar-refractivity contribution in [3.63, 3.8) is 0 Å². The van der Waals surface area contributed by atoms with Crippen LogP contribution in [0, 0.1) is 0 Å². The largest absolute Gasteiger partial charge is 0.479 e. The van der Waals surface area contributed by atoms with Crippen molar-refractivity contribution < 1.29 is 24.9 Å². The number of rotatable bonds is 7. The number of carboxylic acid groups (broad SMARTS) is 1. The number of urea groups is 1. The monoisotopic (exact) mass is 246 g/mol. The molecule has 1 atom stereocenters. The lowest BCUT2D eigenvalue weighted by Crippen LogP contribution is -2.50. The van der Waals surface area contributed by atoms with E-state index in [0.29, 0.717) is 0 Å². The summed E-state index contributed by atoms with van der Waals surface area (Å²) in [6.45, 7) is 4.24. The van der Waals surface area contributed by atoms with Crippen molar-refractivity contribution in [1.82, 2.24) is 10.2 Å². The maximum absolute atomic E-state index is 11.5. The Morgan fingerprint density at radius 3 is 2.53 bits per heavy atom. The molecule has 17 heavy (non-hydrogen) atoms. The Balaban J connectivity index is 4.31. The van der Waals surface area contributed by atoms with Crippen LogP contribution in [-0.2, 0) is 4.79 Å². The number of nitrogens with one attached hydrogen (secondary N) is 1. The maximum atomic E-state index is 11.5. The minimum atomic E-state index is -2.02. The molecule has 7 nitrogen and oxygen atoms in total. The second kappa shape index (κ2) is 6.87. The molecule has 2 amide bonds. The first-order chi connectivity index (χ1) is 7.85. The lowest BCUT2D eigenvalue weighted by Gasteiger charge is -2.23. The molecule has 0 aromatic carbocycles. The van der Waals surface area contributed by atoms with E-state index in [0.717, 1.165) is 6.92 Å². The molecule has 0 aliphatic carbocycles. The lowest BCUT2D eigenvalue weighted by molar-refractivity contribution is -0.155. The number of aliphatic hydroxyl groups is 2. The van der Waals surface area contributed by atoms with E-state index >= 15 is 0 Å². The van der Waals surface area contributed by atoms with Gasteiger partial charge in [0.2, 0.25) is 0 Å². The van der Waals surface area contributed by atoms with Gasteiger partial charge in [-0.05, 0) is 6.92 Å². The number of carboxylic acids is 1. The molecule has 98 valence electrons. The van der Waals surface area contributed by atoms with E-state index in [1.54, 1.807) is 0 Å². The number of nitrogens with zero attached hydrogens (tertiary/aromatic N) is 1. The molecule has 0 rings (SSSR count). The van der Waals surface area contributed by atoms with Crippen LogP contribution in [0.15, 0.2) is 12.7 Å². The third-order valence-electron chi connectivity index (χ3n) is 2.05. The van der Waals surface area contributed by atoms with Crippen molar-refractivity contribution in [1.29, 1.82) is 0 Å². The summed E-state index contributed by atoms with van der Waals surface area (Å²) in [5.41, 5.74) is -2.02. The molecule has 0 heterocycles. The van der Waals surface area contributed by atoms with Crippen molar-refractivity contribution in [2.24, 2.45) is 0 Å². The van der Waals surface area contributed by atoms with E-state index in [1.807, 2.05) is 0 Å². The molecule has 0 radical (unpaired) electrons. The van der Waals surface area contributed by atoms with Gasteiger partial charge < -0.3 is 25.5 Å². The van der Waals surface area contributed by atoms with Gasteiger partial charge in [0.25, 0.3) is 0 Å². The predicted molar refractivity (Wildman–Crippen MR) is 60.5 cm³/mol. The minimum absolute atomic E-state index is 0.104. The zero-order valence-electron chi connectivity index (χ0n) is 9.72. The smallest absolute Gasteiger partial charge is 0.337 e. The zero-order chi connectivity index (χ0) is 13.5. The van der Waals surface area contributed by atoms with E-state index in [1.165, 1.54) is 11.0 Å². The highest BCUT2D eigenvalue weighted by Crippen LogP contribution is 2.01. The fourth-order valence-electron chi connectivity index (χ4n) is 0.987. The molecule has 1 unspecified atom stereocenters. The van der Waals surface area contributed by atoms with Crippen LogP contribution in [-0.4, -0.2) is 64.1 Å². The van der Waals surface area contributed by atoms with Crippen molar-refractivity contribution in [2.45, 2.75) is 12.5 Å². The standard InChI is InChI=1S/C10H18N2O5/c1-3-4-12(5-6-13)9(16)11-7-10(2,17)8(14)15/h3,13,17H,1,4-7H2,2H3,(H,11,16)(H,14,15). The summed E-state index contributed by atoms with van der Waals surface area (Å²) in [6.07, 6.45) is 1.48. The number of amides is 2. The van der Waals surface area contributed by atoms with Crippen molar-refractivity contribution >= 4 is 12.0 Å². The first-order valence-electron chi connectivity index (χ1n) is 5.05. The van der Waals surface area contributed by atoms with E-state index in [2.05, 4.69) is 11.9 Å². The van der Waals surface area contributed by atoms with Gasteiger partial charge in [0, 0.05) is 13.1 Å². The predicted octanol–water partition coefficient (Wildman–Crippen LogP) is -0.988. The van der Waals surface area contributed by atoms with E-state index in [9.17, 15) is 14.7 Å². The summed E-state index contributed by atoms with van der Waals surface area (Å²) in [6, 6.07) is -0.569. The zero-order valence-corrected chi connectivity index (χ0v) is 9.72. The van der Waals surface area contributed by atoms with Crippen molar-refractivity contribution in [3.05, 3.63) is 12.7 Å². The van der Waals surface area contributed by atoms with Crippen LogP contribution in [0.3, 0.4) is 0 Å². The molecular weight excluding hydrogens is 228 g/mol. The van der Waals surface area contributed by atoms with E-state index in [4.69, 9.17) is 10.2 Å². The summed E-state index contributed by atoms with van der Waals surface area (Å²) in [4.78, 5) is 23.4. The Labute approximate surface area is 99.3 Å². The summed E-state index contributed by atoms with van der Waals surface area (Å²) in [5, 5.41) is 29.0. The van der Waals surface area contributed by atoms with Gasteiger partial charge in [-0.1, -0.05) is 6.08 Å². The van der Waals surface area contributed by atoms with Gasteiger partial charge >= 0.3 is 12.0 Å². The van der Waals surface area contributed by atoms with Crippen molar-refractivity contribution in [2.75, 3.05) is 26.2 Å². The molecule has 7 heteroatoms. The van der Waals surface area contributed by atoms with Crippen LogP contribution in [0.4, 0.5) is 4.79 Å². The van der Waals surface area contributed by atoms with Gasteiger partial charge in [-0.25, -0.2) is 9.59 Å². The van der Waals surface area contributed by atoms with Gasteiger partial charge in [-0.15, -0.1) is 6.58 Å². The fourth-order valence-corrected chi connectivity index (χ4v) is 0.987. The first kappa shape index (κ1) is 15.4. The third kappa shape index (κ3) is 5.32. The summed E-state index contributed by atoms with van der Waals surface area (Å²) in [5.74, 6) is -1.42. The summed E-state index contributed by atoms with van der Waals surface area (Å²) < 4.78 is 0. The summed E-state index contributed by atoms with van der Waals surface area (Å²) >= 11 is 0. The van der Waals surface area contributed by atoms with Crippen LogP contribution in [0.1, 0.15) is 6.92 Å². The van der Waals surface area contributed by atoms with Crippen LogP contribution in [0.25, 0.3) is 0 Å². The Kier molecular flexibility index (Phi) is 6.22. The van der Waals surface area contributed by atoms with Gasteiger partial charge in [0.05, 0.1) is 13.2 Å². The summed E-state index contributed by atoms with van der Waals surface area (Å²) in [7, 11) is 0. The highest BCUT2D eigenvalue weighted by Gasteiger charge is 2.30. The van der Waals surface area contributed by atoms with E-state index < -0.39 is 24.1 Å². The second-order valence-electron chi connectivity index (χ2n) is 3.70. The van der Waals surface area contributed by atoms with Gasteiger partial charge in [-0.2, -0.15) is 0 Å². The molecule has 0 bridgehead atoms. The van der Waals surface area contributed by atoms with E-state index in [-0.39, 0.29) is 19.7 Å². The Morgan fingerprint density at radius 2 is 2.12 bits per heavy atom. The normalized spacial score (nSPS) is 13.6. The van der Waals surface area contributed by atoms with Gasteiger partial charge in [-0.3, -0.25) is 0 Å². The maximum Gasteiger partial charge on any atom is 0.337 e. The number of carbonyl (C=O) groups excluding carboxylic acids is 1. The van der Waals surface area contributed by atoms with Crippen LogP contribution >= 0.6 is 0 Å². The number of hydrogen-bond acceptors (Lipinski definition) is 4. The third-order valence-corrected chi connectivity index (χ3v) is 2.05.